The molecule has 1 heterocycles. The minimum atomic E-state index is -0.635. The van der Waals surface area contributed by atoms with Gasteiger partial charge in [0.15, 0.2) is 0 Å². The van der Waals surface area contributed by atoms with Crippen LogP contribution in [0, 0.1) is 30.1 Å². The van der Waals surface area contributed by atoms with Gasteiger partial charge in [-0.2, -0.15) is 0 Å². The SMILES string of the molecule is C=C1/C(=C\C=C2/CCC[C@]3(C)[C@@H]([C@H](C)/C=C/[C@H](O)C4(c5cc(C)c[nH]5)CC4)CC[C@@H]23)C[C@@H](O)C[C@@H]1O. The number of aliphatic hydroxyl groups is 3. The van der Waals surface area contributed by atoms with Gasteiger partial charge in [0, 0.05) is 23.7 Å². The Morgan fingerprint density at radius 3 is 2.61 bits per heavy atom. The molecule has 5 rings (SSSR count). The molecular weight excluding hydrogens is 446 g/mol. The first kappa shape index (κ1) is 25.8. The highest BCUT2D eigenvalue weighted by atomic mass is 16.3. The number of hydrogen-bond acceptors (Lipinski definition) is 3. The highest BCUT2D eigenvalue weighted by Crippen LogP contribution is 2.59. The monoisotopic (exact) mass is 491 g/mol. The van der Waals surface area contributed by atoms with E-state index in [0.29, 0.717) is 30.6 Å². The number of hydrogen-bond donors (Lipinski definition) is 4. The van der Waals surface area contributed by atoms with Gasteiger partial charge in [-0.3, -0.25) is 0 Å². The lowest BCUT2D eigenvalue weighted by Crippen LogP contribution is -2.35. The molecule has 4 aliphatic carbocycles. The van der Waals surface area contributed by atoms with Crippen molar-refractivity contribution in [3.05, 3.63) is 71.1 Å². The Balaban J connectivity index is 1.29. The van der Waals surface area contributed by atoms with Gasteiger partial charge in [0.1, 0.15) is 0 Å². The lowest BCUT2D eigenvalue weighted by Gasteiger charge is -2.44. The van der Waals surface area contributed by atoms with Crippen LogP contribution in [0.15, 0.2) is 59.9 Å². The van der Waals surface area contributed by atoms with E-state index in [9.17, 15) is 15.3 Å². The van der Waals surface area contributed by atoms with Crippen molar-refractivity contribution in [2.45, 2.75) is 102 Å². The molecule has 0 unspecified atom stereocenters. The van der Waals surface area contributed by atoms with Crippen LogP contribution < -0.4 is 0 Å². The van der Waals surface area contributed by atoms with Gasteiger partial charge in [-0.05, 0) is 104 Å². The van der Waals surface area contributed by atoms with Crippen LogP contribution in [0.2, 0.25) is 0 Å². The minimum absolute atomic E-state index is 0.120. The topological polar surface area (TPSA) is 76.5 Å². The van der Waals surface area contributed by atoms with Gasteiger partial charge in [-0.1, -0.05) is 50.3 Å². The molecule has 1 aromatic heterocycles. The van der Waals surface area contributed by atoms with Crippen molar-refractivity contribution in [3.63, 3.8) is 0 Å². The first-order valence-electron chi connectivity index (χ1n) is 14.1. The fraction of sp³-hybridized carbons (Fsp3) is 0.625. The number of aromatic nitrogens is 1. The summed E-state index contributed by atoms with van der Waals surface area (Å²) in [6.45, 7) is 11.0. The fourth-order valence-electron chi connectivity index (χ4n) is 7.86. The zero-order valence-corrected chi connectivity index (χ0v) is 22.3. The Hall–Kier alpha value is -1.88. The molecule has 7 atom stereocenters. The normalized spacial score (nSPS) is 38.0. The Kier molecular flexibility index (Phi) is 6.99. The van der Waals surface area contributed by atoms with Crippen LogP contribution in [0.5, 0.6) is 0 Å². The Labute approximate surface area is 216 Å². The van der Waals surface area contributed by atoms with Crippen molar-refractivity contribution in [3.8, 4) is 0 Å². The number of nitrogens with one attached hydrogen (secondary N) is 1. The third-order valence-electron chi connectivity index (χ3n) is 10.3. The van der Waals surface area contributed by atoms with Crippen molar-refractivity contribution >= 4 is 0 Å². The third-order valence-corrected chi connectivity index (χ3v) is 10.3. The molecule has 1 aromatic rings. The molecule has 0 radical (unpaired) electrons. The summed E-state index contributed by atoms with van der Waals surface area (Å²) in [5.41, 5.74) is 5.83. The molecule has 0 saturated heterocycles. The maximum absolute atomic E-state index is 11.1. The van der Waals surface area contributed by atoms with Crippen LogP contribution in [0.1, 0.15) is 82.9 Å². The third kappa shape index (κ3) is 4.61. The van der Waals surface area contributed by atoms with E-state index >= 15 is 0 Å². The van der Waals surface area contributed by atoms with E-state index in [0.717, 1.165) is 30.4 Å². The summed E-state index contributed by atoms with van der Waals surface area (Å²) in [5.74, 6) is 1.62. The molecule has 4 N–H and O–H groups in total. The summed E-state index contributed by atoms with van der Waals surface area (Å²) in [5, 5.41) is 31.4. The first-order valence-corrected chi connectivity index (χ1v) is 14.1. The number of aliphatic hydroxyl groups excluding tert-OH is 3. The second-order valence-electron chi connectivity index (χ2n) is 12.6. The molecule has 4 aliphatic rings. The summed E-state index contributed by atoms with van der Waals surface area (Å²) < 4.78 is 0. The zero-order valence-electron chi connectivity index (χ0n) is 22.3. The molecule has 0 aromatic carbocycles. The lowest BCUT2D eigenvalue weighted by molar-refractivity contribution is 0.0862. The molecule has 4 fully saturated rings. The molecule has 4 saturated carbocycles. The van der Waals surface area contributed by atoms with E-state index in [1.54, 1.807) is 0 Å². The molecule has 0 bridgehead atoms. The predicted octanol–water partition coefficient (Wildman–Crippen LogP) is 6.05. The molecule has 4 nitrogen and oxygen atoms in total. The molecule has 196 valence electrons. The molecule has 0 spiro atoms. The average Bonchev–Trinajstić information content (AvgIpc) is 3.41. The van der Waals surface area contributed by atoms with Gasteiger partial charge in [-0.15, -0.1) is 0 Å². The standard InChI is InChI=1S/C32H45NO3/c1-20-16-29(33-19-20)32(14-15-32)30(36)12-7-21(2)26-10-11-27-23(6-5-13-31(26,27)4)8-9-24-17-25(34)18-28(35)22(24)3/h7-9,12,16,19,21,25-28,30,33-36H,3,5-6,10-11,13-15,17-18H2,1-2,4H3/b12-7+,23-8+,24-9-/t21-,25-,26-,27+,28+,30+,31-/m1/s1. The van der Waals surface area contributed by atoms with Gasteiger partial charge in [0.05, 0.1) is 18.3 Å². The highest BCUT2D eigenvalue weighted by Gasteiger charge is 2.52. The number of H-pyrrole nitrogens is 1. The zero-order chi connectivity index (χ0) is 25.7. The molecular formula is C32H45NO3. The Morgan fingerprint density at radius 1 is 1.14 bits per heavy atom. The lowest BCUT2D eigenvalue weighted by atomic mass is 9.61. The Morgan fingerprint density at radius 2 is 1.92 bits per heavy atom. The molecule has 36 heavy (non-hydrogen) atoms. The summed E-state index contributed by atoms with van der Waals surface area (Å²) in [6.07, 6.45) is 18.4. The van der Waals surface area contributed by atoms with E-state index in [2.05, 4.69) is 62.7 Å². The van der Waals surface area contributed by atoms with Gasteiger partial charge in [0.2, 0.25) is 0 Å². The maximum Gasteiger partial charge on any atom is 0.0831 e. The van der Waals surface area contributed by atoms with Crippen LogP contribution in [-0.4, -0.2) is 38.6 Å². The van der Waals surface area contributed by atoms with Crippen molar-refractivity contribution in [1.82, 2.24) is 4.98 Å². The summed E-state index contributed by atoms with van der Waals surface area (Å²) >= 11 is 0. The van der Waals surface area contributed by atoms with Gasteiger partial charge in [-0.25, -0.2) is 0 Å². The highest BCUT2D eigenvalue weighted by molar-refractivity contribution is 5.39. The summed E-state index contributed by atoms with van der Waals surface area (Å²) in [6, 6.07) is 2.19. The number of aryl methyl sites for hydroxylation is 1. The van der Waals surface area contributed by atoms with Crippen LogP contribution in [0.4, 0.5) is 0 Å². The van der Waals surface area contributed by atoms with Crippen LogP contribution in [0.3, 0.4) is 0 Å². The van der Waals surface area contributed by atoms with E-state index < -0.39 is 18.3 Å². The number of rotatable bonds is 6. The molecule has 4 heteroatoms. The Bertz CT molecular complexity index is 1070. The second kappa shape index (κ2) is 9.78. The molecule has 0 amide bonds. The fourth-order valence-corrected chi connectivity index (χ4v) is 7.86. The van der Waals surface area contributed by atoms with Crippen molar-refractivity contribution in [1.29, 1.82) is 0 Å². The van der Waals surface area contributed by atoms with Gasteiger partial charge < -0.3 is 20.3 Å². The number of allylic oxidation sites excluding steroid dienone is 4. The summed E-state index contributed by atoms with van der Waals surface area (Å²) in [7, 11) is 0. The second-order valence-corrected chi connectivity index (χ2v) is 12.6. The molecule has 0 aliphatic heterocycles. The van der Waals surface area contributed by atoms with E-state index in [1.165, 1.54) is 42.5 Å². The largest absolute Gasteiger partial charge is 0.393 e. The smallest absolute Gasteiger partial charge is 0.0831 e. The minimum Gasteiger partial charge on any atom is -0.393 e. The van der Waals surface area contributed by atoms with Crippen LogP contribution in [0.25, 0.3) is 0 Å². The van der Waals surface area contributed by atoms with E-state index in [1.807, 2.05) is 6.20 Å². The quantitative estimate of drug-likeness (QED) is 0.366. The number of fused-ring (bicyclic) bond motifs is 1. The van der Waals surface area contributed by atoms with Crippen LogP contribution in [-0.2, 0) is 5.41 Å². The van der Waals surface area contributed by atoms with Crippen molar-refractivity contribution in [2.75, 3.05) is 0 Å². The predicted molar refractivity (Wildman–Crippen MR) is 145 cm³/mol. The van der Waals surface area contributed by atoms with Crippen LogP contribution >= 0.6 is 0 Å². The summed E-state index contributed by atoms with van der Waals surface area (Å²) in [4.78, 5) is 3.39. The first-order chi connectivity index (χ1) is 17.1. The van der Waals surface area contributed by atoms with Crippen molar-refractivity contribution in [2.24, 2.45) is 23.2 Å². The van der Waals surface area contributed by atoms with Gasteiger partial charge in [0.25, 0.3) is 0 Å². The number of aromatic amines is 1. The maximum atomic E-state index is 11.1. The van der Waals surface area contributed by atoms with E-state index in [4.69, 9.17) is 0 Å². The van der Waals surface area contributed by atoms with Crippen molar-refractivity contribution < 1.29 is 15.3 Å². The average molecular weight is 492 g/mol. The van der Waals surface area contributed by atoms with Gasteiger partial charge >= 0.3 is 0 Å². The van der Waals surface area contributed by atoms with E-state index in [-0.39, 0.29) is 10.8 Å².